The van der Waals surface area contributed by atoms with E-state index in [0.29, 0.717) is 6.42 Å². The average Bonchev–Trinajstić information content (AvgIpc) is 2.48. The largest absolute Gasteiger partial charge is 0.479 e. The third-order valence-corrected chi connectivity index (χ3v) is 2.91. The van der Waals surface area contributed by atoms with E-state index in [2.05, 4.69) is 6.92 Å². The second kappa shape index (κ2) is 4.72. The first-order chi connectivity index (χ1) is 5.74. The van der Waals surface area contributed by atoms with Crippen molar-refractivity contribution in [1.82, 2.24) is 0 Å². The molecule has 1 N–H and O–H groups in total. The number of thioether (sulfide) groups is 1. The van der Waals surface area contributed by atoms with Crippen molar-refractivity contribution in [2.24, 2.45) is 0 Å². The van der Waals surface area contributed by atoms with E-state index in [0.717, 1.165) is 17.9 Å². The minimum atomic E-state index is -0.820. The maximum Gasteiger partial charge on any atom is 0.332 e. The summed E-state index contributed by atoms with van der Waals surface area (Å²) in [5.41, 5.74) is 0. The Labute approximate surface area is 76.5 Å². The number of rotatable bonds is 4. The molecule has 0 amide bonds. The lowest BCUT2D eigenvalue weighted by molar-refractivity contribution is -0.148. The van der Waals surface area contributed by atoms with Gasteiger partial charge in [0.2, 0.25) is 0 Å². The Bertz CT molecular complexity index is 160. The second-order valence-electron chi connectivity index (χ2n) is 2.82. The van der Waals surface area contributed by atoms with Crippen molar-refractivity contribution in [2.75, 3.05) is 11.5 Å². The van der Waals surface area contributed by atoms with Crippen LogP contribution in [0.2, 0.25) is 0 Å². The summed E-state index contributed by atoms with van der Waals surface area (Å²) < 4.78 is 5.30. The molecule has 2 atom stereocenters. The van der Waals surface area contributed by atoms with Crippen LogP contribution in [0.15, 0.2) is 0 Å². The first-order valence-corrected chi connectivity index (χ1v) is 5.35. The highest BCUT2D eigenvalue weighted by Crippen LogP contribution is 2.22. The van der Waals surface area contributed by atoms with Crippen LogP contribution in [0.3, 0.4) is 0 Å². The smallest absolute Gasteiger partial charge is 0.332 e. The van der Waals surface area contributed by atoms with Crippen LogP contribution in [0.4, 0.5) is 0 Å². The summed E-state index contributed by atoms with van der Waals surface area (Å²) in [6.07, 6.45) is 1.18. The van der Waals surface area contributed by atoms with Crippen molar-refractivity contribution >= 4 is 17.7 Å². The van der Waals surface area contributed by atoms with Crippen LogP contribution >= 0.6 is 11.8 Å². The van der Waals surface area contributed by atoms with Gasteiger partial charge < -0.3 is 9.84 Å². The van der Waals surface area contributed by atoms with Gasteiger partial charge in [0.1, 0.15) is 0 Å². The first-order valence-electron chi connectivity index (χ1n) is 4.20. The van der Waals surface area contributed by atoms with E-state index in [9.17, 15) is 4.79 Å². The van der Waals surface area contributed by atoms with Crippen molar-refractivity contribution < 1.29 is 14.6 Å². The number of ether oxygens (including phenoxy) is 1. The maximum atomic E-state index is 10.5. The first kappa shape index (κ1) is 9.86. The lowest BCUT2D eigenvalue weighted by Gasteiger charge is -2.09. The lowest BCUT2D eigenvalue weighted by atomic mass is 10.2. The van der Waals surface area contributed by atoms with Gasteiger partial charge in [-0.1, -0.05) is 6.92 Å². The molecule has 70 valence electrons. The van der Waals surface area contributed by atoms with Crippen molar-refractivity contribution in [2.45, 2.75) is 32.0 Å². The zero-order chi connectivity index (χ0) is 8.97. The van der Waals surface area contributed by atoms with Gasteiger partial charge in [-0.25, -0.2) is 4.79 Å². The van der Waals surface area contributed by atoms with E-state index < -0.39 is 12.1 Å². The normalized spacial score (nSPS) is 29.1. The molecule has 1 saturated heterocycles. The van der Waals surface area contributed by atoms with Gasteiger partial charge in [-0.15, -0.1) is 0 Å². The molecule has 0 saturated carbocycles. The highest BCUT2D eigenvalue weighted by Gasteiger charge is 2.29. The minimum Gasteiger partial charge on any atom is -0.479 e. The summed E-state index contributed by atoms with van der Waals surface area (Å²) in [5, 5.41) is 8.62. The van der Waals surface area contributed by atoms with Crippen molar-refractivity contribution in [3.8, 4) is 0 Å². The summed E-state index contributed by atoms with van der Waals surface area (Å²) in [7, 11) is 0. The molecule has 0 bridgehead atoms. The maximum absolute atomic E-state index is 10.5. The number of carbonyl (C=O) groups is 1. The third-order valence-electron chi connectivity index (χ3n) is 1.89. The van der Waals surface area contributed by atoms with Crippen molar-refractivity contribution in [3.63, 3.8) is 0 Å². The van der Waals surface area contributed by atoms with Crippen LogP contribution in [0.25, 0.3) is 0 Å². The molecule has 0 spiro atoms. The Morgan fingerprint density at radius 1 is 1.67 bits per heavy atom. The van der Waals surface area contributed by atoms with Gasteiger partial charge in [0.05, 0.1) is 6.10 Å². The molecule has 1 heterocycles. The Balaban J connectivity index is 2.21. The van der Waals surface area contributed by atoms with Gasteiger partial charge in [0, 0.05) is 5.75 Å². The summed E-state index contributed by atoms with van der Waals surface area (Å²) in [6, 6.07) is 0. The number of aliphatic carboxylic acids is 1. The fraction of sp³-hybridized carbons (Fsp3) is 0.875. The molecule has 0 aromatic rings. The van der Waals surface area contributed by atoms with E-state index in [1.54, 1.807) is 11.8 Å². The number of hydrogen-bond donors (Lipinski definition) is 1. The SMILES string of the molecule is CCSCC1CCC(C(=O)O)O1. The molecule has 0 aromatic heterocycles. The highest BCUT2D eigenvalue weighted by molar-refractivity contribution is 7.99. The van der Waals surface area contributed by atoms with E-state index in [-0.39, 0.29) is 6.10 Å². The van der Waals surface area contributed by atoms with Gasteiger partial charge in [0.25, 0.3) is 0 Å². The average molecular weight is 190 g/mol. The summed E-state index contributed by atoms with van der Waals surface area (Å²) in [4.78, 5) is 10.5. The summed E-state index contributed by atoms with van der Waals surface area (Å²) >= 11 is 1.80. The number of carboxylic acids is 1. The van der Waals surface area contributed by atoms with Gasteiger partial charge >= 0.3 is 5.97 Å². The fourth-order valence-corrected chi connectivity index (χ4v) is 2.00. The van der Waals surface area contributed by atoms with Crippen molar-refractivity contribution in [1.29, 1.82) is 0 Å². The zero-order valence-corrected chi connectivity index (χ0v) is 7.97. The van der Waals surface area contributed by atoms with Crippen molar-refractivity contribution in [3.05, 3.63) is 0 Å². The molecule has 1 aliphatic heterocycles. The highest BCUT2D eigenvalue weighted by atomic mass is 32.2. The van der Waals surface area contributed by atoms with Crippen LogP contribution in [-0.2, 0) is 9.53 Å². The summed E-state index contributed by atoms with van der Waals surface area (Å²) in [6.45, 7) is 2.09. The molecular formula is C8H14O3S. The predicted molar refractivity (Wildman–Crippen MR) is 48.5 cm³/mol. The molecule has 0 radical (unpaired) electrons. The predicted octanol–water partition coefficient (Wildman–Crippen LogP) is 1.37. The molecule has 3 nitrogen and oxygen atoms in total. The lowest BCUT2D eigenvalue weighted by Crippen LogP contribution is -2.21. The van der Waals surface area contributed by atoms with Crippen LogP contribution in [0, 0.1) is 0 Å². The Morgan fingerprint density at radius 2 is 2.42 bits per heavy atom. The van der Waals surface area contributed by atoms with E-state index >= 15 is 0 Å². The van der Waals surface area contributed by atoms with E-state index in [1.807, 2.05) is 0 Å². The number of hydrogen-bond acceptors (Lipinski definition) is 3. The fourth-order valence-electron chi connectivity index (χ4n) is 1.26. The van der Waals surface area contributed by atoms with E-state index in [4.69, 9.17) is 9.84 Å². The van der Waals surface area contributed by atoms with Crippen LogP contribution in [-0.4, -0.2) is 34.8 Å². The Kier molecular flexibility index (Phi) is 3.88. The van der Waals surface area contributed by atoms with E-state index in [1.165, 1.54) is 0 Å². The zero-order valence-electron chi connectivity index (χ0n) is 7.16. The minimum absolute atomic E-state index is 0.163. The third kappa shape index (κ3) is 2.68. The standard InChI is InChI=1S/C8H14O3S/c1-2-12-5-6-3-4-7(11-6)8(9)10/h6-7H,2-5H2,1H3,(H,9,10). The van der Waals surface area contributed by atoms with Gasteiger partial charge in [-0.05, 0) is 18.6 Å². The monoisotopic (exact) mass is 190 g/mol. The van der Waals surface area contributed by atoms with Gasteiger partial charge in [-0.3, -0.25) is 0 Å². The molecule has 4 heteroatoms. The van der Waals surface area contributed by atoms with Gasteiger partial charge in [0.15, 0.2) is 6.10 Å². The molecule has 1 fully saturated rings. The molecular weight excluding hydrogens is 176 g/mol. The molecule has 1 rings (SSSR count). The van der Waals surface area contributed by atoms with Crippen LogP contribution < -0.4 is 0 Å². The Hall–Kier alpha value is -0.220. The van der Waals surface area contributed by atoms with Crippen LogP contribution in [0.1, 0.15) is 19.8 Å². The Morgan fingerprint density at radius 3 is 2.92 bits per heavy atom. The number of carboxylic acid groups (broad SMARTS) is 1. The summed E-state index contributed by atoms with van der Waals surface area (Å²) in [5.74, 6) is 1.18. The van der Waals surface area contributed by atoms with Gasteiger partial charge in [-0.2, -0.15) is 11.8 Å². The molecule has 0 aromatic carbocycles. The topological polar surface area (TPSA) is 46.5 Å². The molecule has 2 unspecified atom stereocenters. The molecule has 12 heavy (non-hydrogen) atoms. The molecule has 0 aliphatic carbocycles. The second-order valence-corrected chi connectivity index (χ2v) is 4.14. The van der Waals surface area contributed by atoms with Crippen LogP contribution in [0.5, 0.6) is 0 Å². The molecule has 1 aliphatic rings. The quantitative estimate of drug-likeness (QED) is 0.727.